The van der Waals surface area contributed by atoms with E-state index in [9.17, 15) is 0 Å². The van der Waals surface area contributed by atoms with E-state index in [-0.39, 0.29) is 16.6 Å². The average molecular weight is 188 g/mol. The first-order valence-electron chi connectivity index (χ1n) is 4.53. The van der Waals surface area contributed by atoms with E-state index in [2.05, 4.69) is 12.6 Å². The van der Waals surface area contributed by atoms with Gasteiger partial charge in [0.1, 0.15) is 0 Å². The van der Waals surface area contributed by atoms with Gasteiger partial charge in [-0.1, -0.05) is 0 Å². The van der Waals surface area contributed by atoms with E-state index in [0.29, 0.717) is 0 Å². The highest BCUT2D eigenvalue weighted by atomic mass is 32.1. The van der Waals surface area contributed by atoms with E-state index in [1.54, 1.807) is 0 Å². The van der Waals surface area contributed by atoms with Gasteiger partial charge in [0.15, 0.2) is 5.79 Å². The maximum Gasteiger partial charge on any atom is 0.163 e. The Balaban J connectivity index is 1.84. The summed E-state index contributed by atoms with van der Waals surface area (Å²) in [5.74, 6) is -0.371. The van der Waals surface area contributed by atoms with Gasteiger partial charge in [-0.25, -0.2) is 0 Å². The third kappa shape index (κ3) is 1.95. The van der Waals surface area contributed by atoms with Gasteiger partial charge in [0.05, 0.1) is 12.7 Å². The third-order valence-electron chi connectivity index (χ3n) is 2.50. The predicted octanol–water partition coefficient (Wildman–Crippen LogP) is 1.99. The van der Waals surface area contributed by atoms with Crippen molar-refractivity contribution in [2.75, 3.05) is 6.61 Å². The van der Waals surface area contributed by atoms with Gasteiger partial charge >= 0.3 is 0 Å². The number of hydrogen-bond donors (Lipinski definition) is 1. The fourth-order valence-electron chi connectivity index (χ4n) is 1.64. The summed E-state index contributed by atoms with van der Waals surface area (Å²) >= 11 is 4.56. The Labute approximate surface area is 79.0 Å². The molecule has 0 N–H and O–H groups in total. The molecule has 0 aromatic rings. The maximum atomic E-state index is 5.69. The zero-order valence-electron chi connectivity index (χ0n) is 7.67. The Kier molecular flexibility index (Phi) is 1.94. The standard InChI is InChI=1S/C9H16O2S/c1-8(2)10-6-7(11-8)5-9(12)3-4-9/h7,12H,3-6H2,1-2H3. The van der Waals surface area contributed by atoms with Crippen molar-refractivity contribution < 1.29 is 9.47 Å². The van der Waals surface area contributed by atoms with Crippen molar-refractivity contribution in [3.05, 3.63) is 0 Å². The summed E-state index contributed by atoms with van der Waals surface area (Å²) in [4.78, 5) is 0. The number of hydrogen-bond acceptors (Lipinski definition) is 3. The van der Waals surface area contributed by atoms with Crippen LogP contribution in [0.15, 0.2) is 0 Å². The molecule has 1 aliphatic carbocycles. The SMILES string of the molecule is CC1(C)OCC(CC2(S)CC2)O1. The lowest BCUT2D eigenvalue weighted by atomic mass is 10.2. The van der Waals surface area contributed by atoms with E-state index in [1.807, 2.05) is 13.8 Å². The number of ether oxygens (including phenoxy) is 2. The van der Waals surface area contributed by atoms with Crippen LogP contribution in [0, 0.1) is 0 Å². The molecule has 2 aliphatic rings. The van der Waals surface area contributed by atoms with Crippen LogP contribution in [0.5, 0.6) is 0 Å². The van der Waals surface area contributed by atoms with Gasteiger partial charge < -0.3 is 9.47 Å². The first-order chi connectivity index (χ1) is 5.49. The molecule has 0 aromatic carbocycles. The number of rotatable bonds is 2. The minimum atomic E-state index is -0.371. The lowest BCUT2D eigenvalue weighted by Gasteiger charge is -2.18. The minimum absolute atomic E-state index is 0.264. The van der Waals surface area contributed by atoms with Gasteiger partial charge in [-0.2, -0.15) is 12.6 Å². The van der Waals surface area contributed by atoms with Gasteiger partial charge in [-0.05, 0) is 33.1 Å². The van der Waals surface area contributed by atoms with Crippen LogP contribution in [-0.2, 0) is 9.47 Å². The van der Waals surface area contributed by atoms with Crippen molar-refractivity contribution >= 4 is 12.6 Å². The normalized spacial score (nSPS) is 36.8. The first kappa shape index (κ1) is 8.85. The Morgan fingerprint density at radius 3 is 2.50 bits per heavy atom. The van der Waals surface area contributed by atoms with Crippen LogP contribution < -0.4 is 0 Å². The summed E-state index contributed by atoms with van der Waals surface area (Å²) in [6.45, 7) is 4.66. The topological polar surface area (TPSA) is 18.5 Å². The van der Waals surface area contributed by atoms with E-state index < -0.39 is 0 Å². The van der Waals surface area contributed by atoms with Crippen molar-refractivity contribution in [2.45, 2.75) is 49.7 Å². The monoisotopic (exact) mass is 188 g/mol. The Morgan fingerprint density at radius 2 is 2.08 bits per heavy atom. The smallest absolute Gasteiger partial charge is 0.163 e. The summed E-state index contributed by atoms with van der Waals surface area (Å²) in [5.41, 5.74) is 0. The molecule has 70 valence electrons. The van der Waals surface area contributed by atoms with Gasteiger partial charge in [-0.15, -0.1) is 0 Å². The highest BCUT2D eigenvalue weighted by Gasteiger charge is 2.44. The molecule has 12 heavy (non-hydrogen) atoms. The summed E-state index contributed by atoms with van der Waals surface area (Å²) < 4.78 is 11.4. The molecule has 0 aromatic heterocycles. The summed E-state index contributed by atoms with van der Waals surface area (Å²) in [6.07, 6.45) is 3.77. The highest BCUT2D eigenvalue weighted by Crippen LogP contribution is 2.47. The molecule has 1 atom stereocenters. The molecule has 0 spiro atoms. The summed E-state index contributed by atoms with van der Waals surface area (Å²) in [6, 6.07) is 0. The summed E-state index contributed by atoms with van der Waals surface area (Å²) in [5, 5.41) is 0. The van der Waals surface area contributed by atoms with Crippen LogP contribution in [0.3, 0.4) is 0 Å². The molecule has 1 unspecified atom stereocenters. The minimum Gasteiger partial charge on any atom is -0.348 e. The quantitative estimate of drug-likeness (QED) is 0.668. The van der Waals surface area contributed by atoms with Crippen LogP contribution in [0.4, 0.5) is 0 Å². The Bertz CT molecular complexity index is 187. The largest absolute Gasteiger partial charge is 0.348 e. The predicted molar refractivity (Wildman–Crippen MR) is 50.5 cm³/mol. The zero-order chi connectivity index (χ0) is 8.82. The second-order valence-corrected chi connectivity index (χ2v) is 5.33. The molecule has 2 fully saturated rings. The van der Waals surface area contributed by atoms with E-state index >= 15 is 0 Å². The molecule has 3 heteroatoms. The molecule has 1 heterocycles. The Morgan fingerprint density at radius 1 is 1.42 bits per heavy atom. The van der Waals surface area contributed by atoms with Crippen LogP contribution in [-0.4, -0.2) is 23.2 Å². The molecular formula is C9H16O2S. The van der Waals surface area contributed by atoms with Crippen LogP contribution in [0.25, 0.3) is 0 Å². The van der Waals surface area contributed by atoms with Gasteiger partial charge in [0.2, 0.25) is 0 Å². The Hall–Kier alpha value is 0.270. The molecule has 1 saturated heterocycles. The molecule has 1 saturated carbocycles. The molecule has 1 aliphatic heterocycles. The van der Waals surface area contributed by atoms with Crippen molar-refractivity contribution in [3.63, 3.8) is 0 Å². The molecule has 2 rings (SSSR count). The van der Waals surface area contributed by atoms with Crippen molar-refractivity contribution in [1.29, 1.82) is 0 Å². The molecule has 2 nitrogen and oxygen atoms in total. The van der Waals surface area contributed by atoms with E-state index in [4.69, 9.17) is 9.47 Å². The lowest BCUT2D eigenvalue weighted by Crippen LogP contribution is -2.23. The van der Waals surface area contributed by atoms with Crippen molar-refractivity contribution in [2.24, 2.45) is 0 Å². The van der Waals surface area contributed by atoms with Crippen molar-refractivity contribution in [3.8, 4) is 0 Å². The van der Waals surface area contributed by atoms with Crippen molar-refractivity contribution in [1.82, 2.24) is 0 Å². The van der Waals surface area contributed by atoms with Gasteiger partial charge in [0.25, 0.3) is 0 Å². The van der Waals surface area contributed by atoms with E-state index in [1.165, 1.54) is 12.8 Å². The number of thiol groups is 1. The zero-order valence-corrected chi connectivity index (χ0v) is 8.56. The second kappa shape index (κ2) is 2.63. The van der Waals surface area contributed by atoms with E-state index in [0.717, 1.165) is 13.0 Å². The van der Waals surface area contributed by atoms with Crippen LogP contribution >= 0.6 is 12.6 Å². The lowest BCUT2D eigenvalue weighted by molar-refractivity contribution is -0.139. The van der Waals surface area contributed by atoms with Crippen LogP contribution in [0.2, 0.25) is 0 Å². The van der Waals surface area contributed by atoms with Gasteiger partial charge in [-0.3, -0.25) is 0 Å². The van der Waals surface area contributed by atoms with Gasteiger partial charge in [0, 0.05) is 4.75 Å². The average Bonchev–Trinajstić information content (AvgIpc) is 2.53. The summed E-state index contributed by atoms with van der Waals surface area (Å²) in [7, 11) is 0. The molecular weight excluding hydrogens is 172 g/mol. The second-order valence-electron chi connectivity index (χ2n) is 4.38. The fraction of sp³-hybridized carbons (Fsp3) is 1.00. The van der Waals surface area contributed by atoms with Crippen LogP contribution in [0.1, 0.15) is 33.1 Å². The maximum absolute atomic E-state index is 5.69. The third-order valence-corrected chi connectivity index (χ3v) is 3.13. The molecule has 0 amide bonds. The molecule has 0 radical (unpaired) electrons. The first-order valence-corrected chi connectivity index (χ1v) is 4.98. The molecule has 0 bridgehead atoms. The fourth-order valence-corrected chi connectivity index (χ4v) is 1.95. The highest BCUT2D eigenvalue weighted by molar-refractivity contribution is 7.82.